The smallest absolute Gasteiger partial charge is 0.250 e. The highest BCUT2D eigenvalue weighted by Crippen LogP contribution is 2.34. The normalized spacial score (nSPS) is 19.6. The molecule has 1 aliphatic heterocycles. The number of morpholine rings is 1. The molecule has 0 aliphatic carbocycles. The molecule has 122 valence electrons. The molecule has 1 unspecified atom stereocenters. The zero-order valence-electron chi connectivity index (χ0n) is 12.3. The first-order chi connectivity index (χ1) is 10.4. The van der Waals surface area contributed by atoms with E-state index in [2.05, 4.69) is 5.32 Å². The van der Waals surface area contributed by atoms with Crippen molar-refractivity contribution in [3.63, 3.8) is 0 Å². The van der Waals surface area contributed by atoms with Gasteiger partial charge in [-0.05, 0) is 12.1 Å². The van der Waals surface area contributed by atoms with Crippen LogP contribution in [0.25, 0.3) is 0 Å². The van der Waals surface area contributed by atoms with Gasteiger partial charge < -0.3 is 19.9 Å². The van der Waals surface area contributed by atoms with Gasteiger partial charge in [-0.1, -0.05) is 6.07 Å². The molecule has 1 aliphatic rings. The summed E-state index contributed by atoms with van der Waals surface area (Å²) in [5, 5.41) is 12.3. The molecule has 1 aromatic rings. The van der Waals surface area contributed by atoms with Crippen molar-refractivity contribution in [1.82, 2.24) is 9.62 Å². The second-order valence-corrected chi connectivity index (χ2v) is 6.52. The number of hydrogen-bond acceptors (Lipinski definition) is 6. The number of rotatable bonds is 4. The van der Waals surface area contributed by atoms with E-state index >= 15 is 0 Å². The van der Waals surface area contributed by atoms with E-state index < -0.39 is 27.8 Å². The van der Waals surface area contributed by atoms with Crippen molar-refractivity contribution in [3.8, 4) is 11.5 Å². The van der Waals surface area contributed by atoms with Gasteiger partial charge in [0.2, 0.25) is 5.91 Å². The summed E-state index contributed by atoms with van der Waals surface area (Å²) in [6, 6.07) is 4.20. The lowest BCUT2D eigenvalue weighted by molar-refractivity contribution is -0.135. The minimum absolute atomic E-state index is 0.0444. The summed E-state index contributed by atoms with van der Waals surface area (Å²) in [5.41, 5.74) is 0. The van der Waals surface area contributed by atoms with Crippen molar-refractivity contribution >= 4 is 15.9 Å². The Morgan fingerprint density at radius 2 is 2.23 bits per heavy atom. The molecule has 0 radical (unpaired) electrons. The number of carbonyl (C=O) groups excluding carboxylic acids is 1. The molecule has 1 atom stereocenters. The molecule has 1 saturated heterocycles. The van der Waals surface area contributed by atoms with Crippen LogP contribution in [-0.2, 0) is 19.6 Å². The number of nitrogens with one attached hydrogen (secondary N) is 1. The Morgan fingerprint density at radius 3 is 2.86 bits per heavy atom. The number of phenolic OH excluding ortho intramolecular Hbond substituents is 1. The molecule has 22 heavy (non-hydrogen) atoms. The number of hydrogen-bond donors (Lipinski definition) is 2. The fraction of sp³-hybridized carbons (Fsp3) is 0.462. The predicted octanol–water partition coefficient (Wildman–Crippen LogP) is -0.464. The summed E-state index contributed by atoms with van der Waals surface area (Å²) in [7, 11) is -1.24. The summed E-state index contributed by atoms with van der Waals surface area (Å²) < 4.78 is 36.9. The minimum atomic E-state index is -4.01. The largest absolute Gasteiger partial charge is 0.506 e. The van der Waals surface area contributed by atoms with Crippen LogP contribution in [0.5, 0.6) is 11.5 Å². The number of phenols is 1. The molecular weight excluding hydrogens is 312 g/mol. The predicted molar refractivity (Wildman–Crippen MR) is 77.2 cm³/mol. The zero-order valence-corrected chi connectivity index (χ0v) is 13.1. The van der Waals surface area contributed by atoms with Crippen LogP contribution in [0.2, 0.25) is 0 Å². The van der Waals surface area contributed by atoms with Gasteiger partial charge in [-0.15, -0.1) is 0 Å². The van der Waals surface area contributed by atoms with E-state index in [4.69, 9.17) is 9.47 Å². The highest BCUT2D eigenvalue weighted by Gasteiger charge is 2.36. The van der Waals surface area contributed by atoms with Gasteiger partial charge in [0, 0.05) is 20.1 Å². The molecular formula is C13H18N2O6S. The fourth-order valence-corrected chi connectivity index (χ4v) is 3.86. The maximum absolute atomic E-state index is 12.7. The zero-order chi connectivity index (χ0) is 16.3. The number of nitrogens with zero attached hydrogens (tertiary/aromatic N) is 1. The van der Waals surface area contributed by atoms with Gasteiger partial charge >= 0.3 is 0 Å². The molecule has 8 nitrogen and oxygen atoms in total. The van der Waals surface area contributed by atoms with E-state index in [1.807, 2.05) is 0 Å². The van der Waals surface area contributed by atoms with Crippen molar-refractivity contribution in [3.05, 3.63) is 18.2 Å². The number of carbonyl (C=O) groups is 1. The van der Waals surface area contributed by atoms with E-state index in [0.717, 1.165) is 4.31 Å². The lowest BCUT2D eigenvalue weighted by atomic mass is 10.3. The van der Waals surface area contributed by atoms with Crippen LogP contribution in [0, 0.1) is 0 Å². The van der Waals surface area contributed by atoms with Crippen molar-refractivity contribution < 1.29 is 27.8 Å². The molecule has 1 amide bonds. The topological polar surface area (TPSA) is 105 Å². The number of methoxy groups -OCH3 is 1. The Hall–Kier alpha value is -1.84. The quantitative estimate of drug-likeness (QED) is 0.774. The SMILES string of the molecule is CNC(=O)C1CN(S(=O)(=O)c2c(O)cccc2OC)CCO1. The Morgan fingerprint density at radius 1 is 1.50 bits per heavy atom. The molecule has 1 aromatic carbocycles. The number of sulfonamides is 1. The van der Waals surface area contributed by atoms with Crippen molar-refractivity contribution in [2.75, 3.05) is 33.9 Å². The van der Waals surface area contributed by atoms with Crippen molar-refractivity contribution in [2.45, 2.75) is 11.0 Å². The average molecular weight is 330 g/mol. The van der Waals surface area contributed by atoms with Crippen LogP contribution in [0.1, 0.15) is 0 Å². The third-order valence-electron chi connectivity index (χ3n) is 3.34. The van der Waals surface area contributed by atoms with Gasteiger partial charge in [0.25, 0.3) is 10.0 Å². The Kier molecular flexibility index (Phi) is 4.89. The molecule has 2 rings (SSSR count). The Labute approximate surface area is 128 Å². The van der Waals surface area contributed by atoms with Crippen LogP contribution < -0.4 is 10.1 Å². The summed E-state index contributed by atoms with van der Waals surface area (Å²) in [6.45, 7) is 0.0556. The fourth-order valence-electron chi connectivity index (χ4n) is 2.22. The standard InChI is InChI=1S/C13H18N2O6S/c1-14-13(17)11-8-15(6-7-21-11)22(18,19)12-9(16)4-3-5-10(12)20-2/h3-5,11,16H,6-8H2,1-2H3,(H,14,17). The van der Waals surface area contributed by atoms with Gasteiger partial charge in [-0.25, -0.2) is 8.42 Å². The van der Waals surface area contributed by atoms with Crippen LogP contribution in [0.4, 0.5) is 0 Å². The highest BCUT2D eigenvalue weighted by atomic mass is 32.2. The van der Waals surface area contributed by atoms with Crippen LogP contribution in [-0.4, -0.2) is 63.7 Å². The highest BCUT2D eigenvalue weighted by molar-refractivity contribution is 7.89. The Bertz CT molecular complexity index is 660. The van der Waals surface area contributed by atoms with Gasteiger partial charge in [0.1, 0.15) is 17.6 Å². The molecule has 1 fully saturated rings. The molecule has 0 aromatic heterocycles. The first-order valence-electron chi connectivity index (χ1n) is 6.61. The molecule has 0 spiro atoms. The maximum atomic E-state index is 12.7. The molecule has 1 heterocycles. The van der Waals surface area contributed by atoms with Crippen LogP contribution >= 0.6 is 0 Å². The van der Waals surface area contributed by atoms with Gasteiger partial charge in [0.05, 0.1) is 13.7 Å². The van der Waals surface area contributed by atoms with Crippen molar-refractivity contribution in [2.24, 2.45) is 0 Å². The first-order valence-corrected chi connectivity index (χ1v) is 8.05. The monoisotopic (exact) mass is 330 g/mol. The van der Waals surface area contributed by atoms with E-state index in [-0.39, 0.29) is 30.3 Å². The average Bonchev–Trinajstić information content (AvgIpc) is 2.53. The van der Waals surface area contributed by atoms with E-state index in [9.17, 15) is 18.3 Å². The number of likely N-dealkylation sites (N-methyl/N-ethyl adjacent to an activating group) is 1. The van der Waals surface area contributed by atoms with Gasteiger partial charge in [-0.3, -0.25) is 4.79 Å². The number of aromatic hydroxyl groups is 1. The first kappa shape index (κ1) is 16.5. The third kappa shape index (κ3) is 3.01. The molecule has 0 bridgehead atoms. The lowest BCUT2D eigenvalue weighted by Crippen LogP contribution is -2.51. The summed E-state index contributed by atoms with van der Waals surface area (Å²) >= 11 is 0. The van der Waals surface area contributed by atoms with Crippen LogP contribution in [0.3, 0.4) is 0 Å². The second kappa shape index (κ2) is 6.51. The van der Waals surface area contributed by atoms with E-state index in [1.165, 1.54) is 32.4 Å². The van der Waals surface area contributed by atoms with Crippen molar-refractivity contribution in [1.29, 1.82) is 0 Å². The number of benzene rings is 1. The minimum Gasteiger partial charge on any atom is -0.506 e. The molecule has 9 heteroatoms. The Balaban J connectivity index is 2.37. The second-order valence-electron chi connectivity index (χ2n) is 4.65. The molecule has 2 N–H and O–H groups in total. The summed E-state index contributed by atoms with van der Waals surface area (Å²) in [4.78, 5) is 11.3. The van der Waals surface area contributed by atoms with Gasteiger partial charge in [0.15, 0.2) is 4.90 Å². The van der Waals surface area contributed by atoms with Crippen LogP contribution in [0.15, 0.2) is 23.1 Å². The summed E-state index contributed by atoms with van der Waals surface area (Å²) in [6.07, 6.45) is -0.884. The number of ether oxygens (including phenoxy) is 2. The number of amides is 1. The van der Waals surface area contributed by atoms with Gasteiger partial charge in [-0.2, -0.15) is 4.31 Å². The summed E-state index contributed by atoms with van der Waals surface area (Å²) in [5.74, 6) is -0.755. The van der Waals surface area contributed by atoms with E-state index in [0.29, 0.717) is 0 Å². The maximum Gasteiger partial charge on any atom is 0.250 e. The molecule has 0 saturated carbocycles. The lowest BCUT2D eigenvalue weighted by Gasteiger charge is -2.31. The van der Waals surface area contributed by atoms with E-state index in [1.54, 1.807) is 0 Å². The third-order valence-corrected chi connectivity index (χ3v) is 5.28.